The van der Waals surface area contributed by atoms with Crippen molar-refractivity contribution in [3.63, 3.8) is 0 Å². The Morgan fingerprint density at radius 1 is 1.42 bits per heavy atom. The lowest BCUT2D eigenvalue weighted by Gasteiger charge is -2.24. The van der Waals surface area contributed by atoms with Crippen LogP contribution in [0.1, 0.15) is 50.1 Å². The molecule has 0 saturated carbocycles. The van der Waals surface area contributed by atoms with Crippen molar-refractivity contribution < 1.29 is 4.79 Å². The fourth-order valence-corrected chi connectivity index (χ4v) is 3.89. The molecule has 1 atom stereocenters. The molecule has 19 heavy (non-hydrogen) atoms. The zero-order chi connectivity index (χ0) is 13.7. The van der Waals surface area contributed by atoms with Gasteiger partial charge in [-0.15, -0.1) is 11.8 Å². The molecule has 0 aromatic carbocycles. The summed E-state index contributed by atoms with van der Waals surface area (Å²) < 4.78 is 2.13. The molecule has 0 N–H and O–H groups in total. The van der Waals surface area contributed by atoms with Crippen LogP contribution >= 0.6 is 11.8 Å². The Labute approximate surface area is 120 Å². The number of aryl methyl sites for hydroxylation is 1. The minimum Gasteiger partial charge on any atom is -0.352 e. The molecule has 0 aliphatic carbocycles. The molecule has 1 aliphatic heterocycles. The molecule has 1 saturated heterocycles. The minimum atomic E-state index is 0.221. The Kier molecular flexibility index (Phi) is 5.37. The van der Waals surface area contributed by atoms with Crippen LogP contribution in [0.15, 0.2) is 18.3 Å². The molecule has 3 nitrogen and oxygen atoms in total. The van der Waals surface area contributed by atoms with Crippen molar-refractivity contribution in [2.75, 3.05) is 12.3 Å². The van der Waals surface area contributed by atoms with Crippen LogP contribution < -0.4 is 0 Å². The van der Waals surface area contributed by atoms with E-state index in [0.29, 0.717) is 12.3 Å². The Morgan fingerprint density at radius 3 is 2.95 bits per heavy atom. The summed E-state index contributed by atoms with van der Waals surface area (Å²) >= 11 is 1.88. The second-order valence-electron chi connectivity index (χ2n) is 5.16. The summed E-state index contributed by atoms with van der Waals surface area (Å²) in [5.74, 6) is 1.38. The van der Waals surface area contributed by atoms with Gasteiger partial charge < -0.3 is 9.47 Å². The van der Waals surface area contributed by atoms with Gasteiger partial charge in [-0.2, -0.15) is 0 Å². The Balaban J connectivity index is 1.91. The SMILES string of the molecule is CCCCCCC(=O)N1CCSC1c1cccn1C. The number of hydrogen-bond acceptors (Lipinski definition) is 2. The molecule has 1 amide bonds. The first-order valence-electron chi connectivity index (χ1n) is 7.26. The summed E-state index contributed by atoms with van der Waals surface area (Å²) in [6, 6.07) is 4.18. The minimum absolute atomic E-state index is 0.221. The highest BCUT2D eigenvalue weighted by molar-refractivity contribution is 7.99. The van der Waals surface area contributed by atoms with Gasteiger partial charge in [0, 0.05) is 32.0 Å². The molecule has 1 fully saturated rings. The first kappa shape index (κ1) is 14.5. The third-order valence-corrected chi connectivity index (χ3v) is 4.92. The van der Waals surface area contributed by atoms with Gasteiger partial charge in [0.2, 0.25) is 5.91 Å². The van der Waals surface area contributed by atoms with E-state index in [1.807, 2.05) is 11.8 Å². The summed E-state index contributed by atoms with van der Waals surface area (Å²) in [6.07, 6.45) is 7.44. The topological polar surface area (TPSA) is 25.2 Å². The van der Waals surface area contributed by atoms with Gasteiger partial charge in [-0.05, 0) is 18.6 Å². The summed E-state index contributed by atoms with van der Waals surface area (Å²) in [6.45, 7) is 3.09. The van der Waals surface area contributed by atoms with E-state index in [1.54, 1.807) is 0 Å². The van der Waals surface area contributed by atoms with Crippen molar-refractivity contribution in [1.29, 1.82) is 0 Å². The number of nitrogens with zero attached hydrogens (tertiary/aromatic N) is 2. The average molecular weight is 280 g/mol. The number of amides is 1. The first-order chi connectivity index (χ1) is 9.24. The molecule has 1 aliphatic rings. The largest absolute Gasteiger partial charge is 0.352 e. The van der Waals surface area contributed by atoms with Crippen LogP contribution in [0.5, 0.6) is 0 Å². The van der Waals surface area contributed by atoms with Gasteiger partial charge in [-0.1, -0.05) is 26.2 Å². The Bertz CT molecular complexity index is 416. The van der Waals surface area contributed by atoms with Gasteiger partial charge in [0.25, 0.3) is 0 Å². The van der Waals surface area contributed by atoms with Gasteiger partial charge in [-0.3, -0.25) is 4.79 Å². The lowest BCUT2D eigenvalue weighted by molar-refractivity contribution is -0.131. The maximum absolute atomic E-state index is 12.3. The zero-order valence-corrected chi connectivity index (χ0v) is 12.8. The third kappa shape index (κ3) is 3.56. The summed E-state index contributed by atoms with van der Waals surface area (Å²) in [7, 11) is 2.05. The predicted molar refractivity (Wildman–Crippen MR) is 81.1 cm³/mol. The number of hydrogen-bond donors (Lipinski definition) is 0. The van der Waals surface area contributed by atoms with Crippen LogP contribution in [-0.4, -0.2) is 27.7 Å². The van der Waals surface area contributed by atoms with Crippen LogP contribution in [0, 0.1) is 0 Å². The summed E-state index contributed by atoms with van der Waals surface area (Å²) in [5, 5.41) is 0.221. The number of carbonyl (C=O) groups excluding carboxylic acids is 1. The highest BCUT2D eigenvalue weighted by Crippen LogP contribution is 2.38. The standard InChI is InChI=1S/C15H24N2OS/c1-3-4-5-6-9-14(18)17-11-12-19-15(17)13-8-7-10-16(13)2/h7-8,10,15H,3-6,9,11-12H2,1-2H3. The van der Waals surface area contributed by atoms with Gasteiger partial charge in [0.05, 0.1) is 5.69 Å². The molecule has 1 aromatic rings. The predicted octanol–water partition coefficient (Wildman–Crippen LogP) is 3.57. The maximum Gasteiger partial charge on any atom is 0.223 e. The van der Waals surface area contributed by atoms with Crippen LogP contribution in [0.4, 0.5) is 0 Å². The normalized spacial score (nSPS) is 19.1. The van der Waals surface area contributed by atoms with E-state index in [1.165, 1.54) is 25.0 Å². The molecule has 4 heteroatoms. The quantitative estimate of drug-likeness (QED) is 0.744. The molecule has 2 heterocycles. The van der Waals surface area contributed by atoms with E-state index < -0.39 is 0 Å². The van der Waals surface area contributed by atoms with E-state index in [-0.39, 0.29) is 5.37 Å². The summed E-state index contributed by atoms with van der Waals surface area (Å²) in [4.78, 5) is 14.4. The first-order valence-corrected chi connectivity index (χ1v) is 8.31. The number of carbonyl (C=O) groups is 1. The third-order valence-electron chi connectivity index (χ3n) is 3.69. The van der Waals surface area contributed by atoms with E-state index in [9.17, 15) is 4.79 Å². The Morgan fingerprint density at radius 2 is 2.26 bits per heavy atom. The molecule has 0 bridgehead atoms. The van der Waals surface area contributed by atoms with Gasteiger partial charge in [0.1, 0.15) is 5.37 Å². The van der Waals surface area contributed by atoms with Gasteiger partial charge in [-0.25, -0.2) is 0 Å². The molecule has 1 aromatic heterocycles. The lowest BCUT2D eigenvalue weighted by Crippen LogP contribution is -2.30. The van der Waals surface area contributed by atoms with Crippen molar-refractivity contribution in [3.8, 4) is 0 Å². The smallest absolute Gasteiger partial charge is 0.223 e. The number of rotatable bonds is 6. The highest BCUT2D eigenvalue weighted by atomic mass is 32.2. The number of unbranched alkanes of at least 4 members (excludes halogenated alkanes) is 3. The maximum atomic E-state index is 12.3. The second kappa shape index (κ2) is 7.04. The zero-order valence-electron chi connectivity index (χ0n) is 12.0. The van der Waals surface area contributed by atoms with E-state index in [0.717, 1.165) is 18.7 Å². The van der Waals surface area contributed by atoms with Crippen LogP contribution in [0.3, 0.4) is 0 Å². The molecule has 1 unspecified atom stereocenters. The molecule has 0 spiro atoms. The van der Waals surface area contributed by atoms with Crippen LogP contribution in [0.25, 0.3) is 0 Å². The average Bonchev–Trinajstić information content (AvgIpc) is 3.02. The lowest BCUT2D eigenvalue weighted by atomic mass is 10.1. The molecule has 2 rings (SSSR count). The second-order valence-corrected chi connectivity index (χ2v) is 6.35. The number of aromatic nitrogens is 1. The van der Waals surface area contributed by atoms with E-state index in [2.05, 4.69) is 41.8 Å². The summed E-state index contributed by atoms with van der Waals surface area (Å²) in [5.41, 5.74) is 1.24. The van der Waals surface area contributed by atoms with Crippen LogP contribution in [-0.2, 0) is 11.8 Å². The van der Waals surface area contributed by atoms with Gasteiger partial charge in [0.15, 0.2) is 0 Å². The highest BCUT2D eigenvalue weighted by Gasteiger charge is 2.31. The van der Waals surface area contributed by atoms with Gasteiger partial charge >= 0.3 is 0 Å². The van der Waals surface area contributed by atoms with Crippen molar-refractivity contribution >= 4 is 17.7 Å². The number of thioether (sulfide) groups is 1. The van der Waals surface area contributed by atoms with Crippen molar-refractivity contribution in [1.82, 2.24) is 9.47 Å². The van der Waals surface area contributed by atoms with Crippen molar-refractivity contribution in [2.24, 2.45) is 7.05 Å². The van der Waals surface area contributed by atoms with E-state index in [4.69, 9.17) is 0 Å². The molecular weight excluding hydrogens is 256 g/mol. The van der Waals surface area contributed by atoms with E-state index >= 15 is 0 Å². The fraction of sp³-hybridized carbons (Fsp3) is 0.667. The molecule has 0 radical (unpaired) electrons. The fourth-order valence-electron chi connectivity index (χ4n) is 2.55. The van der Waals surface area contributed by atoms with Crippen LogP contribution in [0.2, 0.25) is 0 Å². The monoisotopic (exact) mass is 280 g/mol. The molecule has 106 valence electrons. The van der Waals surface area contributed by atoms with Crippen molar-refractivity contribution in [3.05, 3.63) is 24.0 Å². The Hall–Kier alpha value is -0.900. The molecular formula is C15H24N2OS. The van der Waals surface area contributed by atoms with Crippen molar-refractivity contribution in [2.45, 2.75) is 44.4 Å².